The summed E-state index contributed by atoms with van der Waals surface area (Å²) in [4.78, 5) is 28.7. The van der Waals surface area contributed by atoms with Crippen molar-refractivity contribution in [3.8, 4) is 5.75 Å². The molecule has 1 aliphatic heterocycles. The van der Waals surface area contributed by atoms with Crippen LogP contribution in [0.15, 0.2) is 51.9 Å². The van der Waals surface area contributed by atoms with Crippen molar-refractivity contribution in [2.24, 2.45) is 5.92 Å². The number of aryl methyl sites for hydroxylation is 2. The Balaban J connectivity index is 1.63. The van der Waals surface area contributed by atoms with E-state index in [4.69, 9.17) is 14.0 Å². The Labute approximate surface area is 286 Å². The minimum absolute atomic E-state index is 0.0270. The van der Waals surface area contributed by atoms with E-state index < -0.39 is 45.8 Å². The molecule has 4 rings (SSSR count). The third kappa shape index (κ3) is 9.56. The number of nitrogens with zero attached hydrogens (tertiary/aromatic N) is 3. The molecule has 0 saturated heterocycles. The standard InChI is InChI=1S/C34H46FN5O8S/c1-21-18-40(22(2)20-41)33(42)29-17-27(36-34(43)37-32-24(4)38-48-25(32)5)12-15-30(29)47-23(3)9-7-8-16-46-31(21)19-39(6)49(44,45)28-13-10-26(35)11-14-28/h10-15,17,21-23,31,41H,7-9,16,18-20H2,1-6H3,(H2,36,37,43)/t21-,22-,23+,31-/m0/s1. The van der Waals surface area contributed by atoms with Gasteiger partial charge < -0.3 is 34.6 Å². The largest absolute Gasteiger partial charge is 0.490 e. The average molecular weight is 704 g/mol. The summed E-state index contributed by atoms with van der Waals surface area (Å²) in [6.45, 7) is 8.94. The first-order valence-electron chi connectivity index (χ1n) is 16.3. The number of aliphatic hydroxyl groups is 1. The molecule has 0 spiro atoms. The molecule has 0 radical (unpaired) electrons. The van der Waals surface area contributed by atoms with Crippen molar-refractivity contribution in [2.75, 3.05) is 44.0 Å². The van der Waals surface area contributed by atoms with Gasteiger partial charge in [-0.1, -0.05) is 12.1 Å². The quantitative estimate of drug-likeness (QED) is 0.287. The number of sulfonamides is 1. The van der Waals surface area contributed by atoms with Crippen LogP contribution in [0.5, 0.6) is 5.75 Å². The summed E-state index contributed by atoms with van der Waals surface area (Å²) in [5.41, 5.74) is 1.46. The number of ether oxygens (including phenoxy) is 2. The van der Waals surface area contributed by atoms with Gasteiger partial charge in [0.05, 0.1) is 35.3 Å². The number of nitrogens with one attached hydrogen (secondary N) is 2. The highest BCUT2D eigenvalue weighted by Crippen LogP contribution is 2.29. The molecule has 0 aliphatic carbocycles. The molecule has 0 unspecified atom stereocenters. The first-order chi connectivity index (χ1) is 23.2. The van der Waals surface area contributed by atoms with E-state index in [0.29, 0.717) is 48.0 Å². The summed E-state index contributed by atoms with van der Waals surface area (Å²) in [7, 11) is -2.53. The molecule has 15 heteroatoms. The number of carbonyl (C=O) groups is 2. The van der Waals surface area contributed by atoms with Gasteiger partial charge in [0.25, 0.3) is 5.91 Å². The number of anilines is 2. The molecule has 13 nitrogen and oxygen atoms in total. The topological polar surface area (TPSA) is 164 Å². The van der Waals surface area contributed by atoms with Crippen molar-refractivity contribution in [3.63, 3.8) is 0 Å². The van der Waals surface area contributed by atoms with Crippen molar-refractivity contribution in [1.82, 2.24) is 14.4 Å². The van der Waals surface area contributed by atoms with E-state index in [-0.39, 0.29) is 36.3 Å². The third-order valence-electron chi connectivity index (χ3n) is 8.54. The van der Waals surface area contributed by atoms with E-state index in [1.54, 1.807) is 32.9 Å². The second kappa shape index (κ2) is 16.6. The first-order valence-corrected chi connectivity index (χ1v) is 17.7. The Morgan fingerprint density at radius 3 is 2.51 bits per heavy atom. The molecule has 0 saturated carbocycles. The SMILES string of the molecule is Cc1noc(C)c1NC(=O)Nc1ccc2c(c1)C(=O)N([C@@H](C)CO)C[C@H](C)[C@H](CN(C)S(=O)(=O)c1ccc(F)cc1)OCCCC[C@@H](C)O2. The maximum Gasteiger partial charge on any atom is 0.323 e. The number of halogens is 1. The number of likely N-dealkylation sites (N-methyl/N-ethyl adjacent to an activating group) is 1. The highest BCUT2D eigenvalue weighted by atomic mass is 32.2. The average Bonchev–Trinajstić information content (AvgIpc) is 3.38. The number of hydrogen-bond acceptors (Lipinski definition) is 9. The van der Waals surface area contributed by atoms with E-state index in [2.05, 4.69) is 15.8 Å². The smallest absolute Gasteiger partial charge is 0.323 e. The maximum atomic E-state index is 14.4. The van der Waals surface area contributed by atoms with Gasteiger partial charge in [-0.25, -0.2) is 17.6 Å². The lowest BCUT2D eigenvalue weighted by molar-refractivity contribution is -0.00834. The Morgan fingerprint density at radius 1 is 1.14 bits per heavy atom. The van der Waals surface area contributed by atoms with Crippen LogP contribution in [-0.2, 0) is 14.8 Å². The second-order valence-corrected chi connectivity index (χ2v) is 14.6. The van der Waals surface area contributed by atoms with E-state index in [9.17, 15) is 27.5 Å². The minimum atomic E-state index is -3.97. The Morgan fingerprint density at radius 2 is 1.86 bits per heavy atom. The molecule has 268 valence electrons. The predicted molar refractivity (Wildman–Crippen MR) is 182 cm³/mol. The fourth-order valence-corrected chi connectivity index (χ4v) is 6.72. The fraction of sp³-hybridized carbons (Fsp3) is 0.500. The number of carbonyl (C=O) groups excluding carboxylic acids is 2. The van der Waals surface area contributed by atoms with Crippen LogP contribution in [0, 0.1) is 25.6 Å². The molecule has 4 atom stereocenters. The monoisotopic (exact) mass is 703 g/mol. The van der Waals surface area contributed by atoms with Crippen LogP contribution in [0.4, 0.5) is 20.6 Å². The molecule has 0 fully saturated rings. The van der Waals surface area contributed by atoms with E-state index in [1.165, 1.54) is 34.5 Å². The molecular weight excluding hydrogens is 657 g/mol. The minimum Gasteiger partial charge on any atom is -0.490 e. The number of rotatable bonds is 8. The Kier molecular flexibility index (Phi) is 12.8. The van der Waals surface area contributed by atoms with Gasteiger partial charge >= 0.3 is 6.03 Å². The third-order valence-corrected chi connectivity index (χ3v) is 10.4. The van der Waals surface area contributed by atoms with Crippen LogP contribution >= 0.6 is 0 Å². The van der Waals surface area contributed by atoms with Crippen molar-refractivity contribution in [3.05, 3.63) is 65.3 Å². The Hall–Kier alpha value is -4.05. The summed E-state index contributed by atoms with van der Waals surface area (Å²) < 4.78 is 59.0. The second-order valence-electron chi connectivity index (χ2n) is 12.5. The first kappa shape index (κ1) is 37.8. The van der Waals surface area contributed by atoms with Crippen LogP contribution in [0.3, 0.4) is 0 Å². The molecule has 0 bridgehead atoms. The zero-order valence-corrected chi connectivity index (χ0v) is 29.5. The molecule has 3 aromatic rings. The van der Waals surface area contributed by atoms with Crippen LogP contribution in [-0.4, -0.2) is 91.4 Å². The number of aliphatic hydroxyl groups excluding tert-OH is 1. The summed E-state index contributed by atoms with van der Waals surface area (Å²) in [6.07, 6.45) is 1.22. The summed E-state index contributed by atoms with van der Waals surface area (Å²) in [6, 6.07) is 8.22. The highest BCUT2D eigenvalue weighted by Gasteiger charge is 2.32. The molecule has 3 amide bonds. The number of amides is 3. The molecule has 1 aromatic heterocycles. The lowest BCUT2D eigenvalue weighted by atomic mass is 10.0. The number of benzene rings is 2. The molecular formula is C34H46FN5O8S. The number of fused-ring (bicyclic) bond motifs is 1. The normalized spacial score (nSPS) is 20.2. The molecule has 2 heterocycles. The van der Waals surface area contributed by atoms with E-state index in [1.807, 2.05) is 13.8 Å². The van der Waals surface area contributed by atoms with Gasteiger partial charge in [-0.15, -0.1) is 0 Å². The summed E-state index contributed by atoms with van der Waals surface area (Å²) >= 11 is 0. The zero-order chi connectivity index (χ0) is 35.9. The van der Waals surface area contributed by atoms with Gasteiger partial charge in [0.1, 0.15) is 22.9 Å². The van der Waals surface area contributed by atoms with Crippen molar-refractivity contribution < 1.29 is 41.5 Å². The number of aromatic nitrogens is 1. The summed E-state index contributed by atoms with van der Waals surface area (Å²) in [5.74, 6) is -0.617. The summed E-state index contributed by atoms with van der Waals surface area (Å²) in [5, 5.41) is 19.5. The molecule has 3 N–H and O–H groups in total. The molecule has 49 heavy (non-hydrogen) atoms. The number of urea groups is 1. The Bertz CT molecular complexity index is 1680. The van der Waals surface area contributed by atoms with Crippen LogP contribution in [0.2, 0.25) is 0 Å². The van der Waals surface area contributed by atoms with Crippen molar-refractivity contribution in [2.45, 2.75) is 77.0 Å². The maximum absolute atomic E-state index is 14.4. The van der Waals surface area contributed by atoms with Crippen LogP contribution in [0.25, 0.3) is 0 Å². The van der Waals surface area contributed by atoms with Gasteiger partial charge in [-0.3, -0.25) is 4.79 Å². The van der Waals surface area contributed by atoms with Gasteiger partial charge in [0.2, 0.25) is 10.0 Å². The van der Waals surface area contributed by atoms with Gasteiger partial charge in [0, 0.05) is 38.3 Å². The van der Waals surface area contributed by atoms with Gasteiger partial charge in [0.15, 0.2) is 5.76 Å². The number of hydrogen-bond donors (Lipinski definition) is 3. The van der Waals surface area contributed by atoms with E-state index >= 15 is 0 Å². The molecule has 2 aromatic carbocycles. The van der Waals surface area contributed by atoms with Crippen molar-refractivity contribution in [1.29, 1.82) is 0 Å². The van der Waals surface area contributed by atoms with Crippen molar-refractivity contribution >= 4 is 33.3 Å². The lowest BCUT2D eigenvalue weighted by Gasteiger charge is -2.35. The van der Waals surface area contributed by atoms with Gasteiger partial charge in [-0.2, -0.15) is 4.31 Å². The molecule has 1 aliphatic rings. The van der Waals surface area contributed by atoms with Crippen LogP contribution < -0.4 is 15.4 Å². The fourth-order valence-electron chi connectivity index (χ4n) is 5.54. The van der Waals surface area contributed by atoms with Gasteiger partial charge in [-0.05, 0) is 89.4 Å². The van der Waals surface area contributed by atoms with E-state index in [0.717, 1.165) is 18.6 Å². The highest BCUT2D eigenvalue weighted by molar-refractivity contribution is 7.89. The van der Waals surface area contributed by atoms with Crippen LogP contribution in [0.1, 0.15) is 61.8 Å². The predicted octanol–water partition coefficient (Wildman–Crippen LogP) is 5.19. The lowest BCUT2D eigenvalue weighted by Crippen LogP contribution is -2.48. The zero-order valence-electron chi connectivity index (χ0n) is 28.7.